The van der Waals surface area contributed by atoms with E-state index in [1.807, 2.05) is 6.92 Å². The molecule has 0 saturated carbocycles. The van der Waals surface area contributed by atoms with Crippen LogP contribution < -0.4 is 0 Å². The van der Waals surface area contributed by atoms with Crippen molar-refractivity contribution >= 4 is 5.84 Å². The second-order valence-corrected chi connectivity index (χ2v) is 9.77. The number of aliphatic imine (C=N–C) groups is 1. The molecule has 0 aliphatic carbocycles. The minimum absolute atomic E-state index is 0.0136. The molecule has 0 bridgehead atoms. The van der Waals surface area contributed by atoms with Gasteiger partial charge in [-0.2, -0.15) is 0 Å². The van der Waals surface area contributed by atoms with Crippen molar-refractivity contribution in [2.24, 2.45) is 4.99 Å². The zero-order valence-electron chi connectivity index (χ0n) is 19.6. The summed E-state index contributed by atoms with van der Waals surface area (Å²) in [6.07, 6.45) is 21.9. The second-order valence-electron chi connectivity index (χ2n) is 9.77. The lowest BCUT2D eigenvalue weighted by Gasteiger charge is -2.24. The van der Waals surface area contributed by atoms with Crippen LogP contribution in [-0.2, 0) is 0 Å². The van der Waals surface area contributed by atoms with Crippen molar-refractivity contribution in [2.45, 2.75) is 142 Å². The molecule has 166 valence electrons. The van der Waals surface area contributed by atoms with E-state index in [1.54, 1.807) is 0 Å². The maximum absolute atomic E-state index is 9.71. The number of aliphatic hydroxyl groups excluding tert-OH is 1. The molecule has 0 saturated heterocycles. The summed E-state index contributed by atoms with van der Waals surface area (Å²) in [6.45, 7) is 10.2. The molecule has 0 aromatic rings. The number of nitrogens with zero attached hydrogens (tertiary/aromatic N) is 2. The van der Waals surface area contributed by atoms with Crippen LogP contribution >= 0.6 is 0 Å². The minimum atomic E-state index is -0.278. The lowest BCUT2D eigenvalue weighted by atomic mass is 10.0. The van der Waals surface area contributed by atoms with Gasteiger partial charge in [0.2, 0.25) is 0 Å². The van der Waals surface area contributed by atoms with Crippen LogP contribution in [0.1, 0.15) is 130 Å². The third-order valence-corrected chi connectivity index (χ3v) is 5.86. The molecule has 0 aromatic heterocycles. The van der Waals surface area contributed by atoms with Gasteiger partial charge in [-0.05, 0) is 27.2 Å². The molecule has 0 unspecified atom stereocenters. The van der Waals surface area contributed by atoms with E-state index < -0.39 is 0 Å². The number of amidine groups is 1. The molecule has 0 radical (unpaired) electrons. The van der Waals surface area contributed by atoms with Gasteiger partial charge in [0.05, 0.1) is 17.5 Å². The minimum Gasteiger partial charge on any atom is -0.392 e. The fraction of sp³-hybridized carbons (Fsp3) is 0.960. The SMILES string of the molecule is CCCCCCCCCCCCCCCCCC1=NC(C)(C)CN1C[C@H](C)O. The topological polar surface area (TPSA) is 35.8 Å². The van der Waals surface area contributed by atoms with Crippen molar-refractivity contribution < 1.29 is 5.11 Å². The number of hydrogen-bond donors (Lipinski definition) is 1. The third kappa shape index (κ3) is 12.8. The highest BCUT2D eigenvalue weighted by atomic mass is 16.3. The molecule has 1 heterocycles. The van der Waals surface area contributed by atoms with Gasteiger partial charge in [0.15, 0.2) is 0 Å². The summed E-state index contributed by atoms with van der Waals surface area (Å²) >= 11 is 0. The Morgan fingerprint density at radius 3 is 1.68 bits per heavy atom. The molecule has 28 heavy (non-hydrogen) atoms. The first-order valence-corrected chi connectivity index (χ1v) is 12.5. The Hall–Kier alpha value is -0.570. The van der Waals surface area contributed by atoms with E-state index in [-0.39, 0.29) is 11.6 Å². The first-order valence-electron chi connectivity index (χ1n) is 12.5. The number of hydrogen-bond acceptors (Lipinski definition) is 3. The summed E-state index contributed by atoms with van der Waals surface area (Å²) in [5.41, 5.74) is 0.0136. The molecule has 1 aliphatic rings. The second kappa shape index (κ2) is 15.3. The quantitative estimate of drug-likeness (QED) is 0.251. The van der Waals surface area contributed by atoms with Gasteiger partial charge in [0, 0.05) is 19.5 Å². The zero-order chi connectivity index (χ0) is 20.7. The van der Waals surface area contributed by atoms with Gasteiger partial charge in [-0.25, -0.2) is 0 Å². The van der Waals surface area contributed by atoms with Gasteiger partial charge < -0.3 is 10.0 Å². The van der Waals surface area contributed by atoms with Crippen LogP contribution in [0.3, 0.4) is 0 Å². The van der Waals surface area contributed by atoms with Crippen LogP contribution in [0.2, 0.25) is 0 Å². The van der Waals surface area contributed by atoms with Crippen molar-refractivity contribution in [3.63, 3.8) is 0 Å². The Kier molecular flexibility index (Phi) is 13.9. The number of rotatable bonds is 18. The monoisotopic (exact) mass is 394 g/mol. The van der Waals surface area contributed by atoms with Crippen molar-refractivity contribution in [1.29, 1.82) is 0 Å². The standard InChI is InChI=1S/C25H50N2O/c1-5-6-7-8-9-10-11-12-13-14-15-16-17-18-19-20-24-26-25(3,4)22-27(24)21-23(2)28/h23,28H,5-22H2,1-4H3/t23-/m0/s1. The summed E-state index contributed by atoms with van der Waals surface area (Å²) in [7, 11) is 0. The van der Waals surface area contributed by atoms with Gasteiger partial charge in [-0.15, -0.1) is 0 Å². The molecule has 1 atom stereocenters. The summed E-state index contributed by atoms with van der Waals surface area (Å²) in [4.78, 5) is 7.19. The predicted molar refractivity (Wildman–Crippen MR) is 124 cm³/mol. The van der Waals surface area contributed by atoms with Crippen molar-refractivity contribution in [3.8, 4) is 0 Å². The Bertz CT molecular complexity index is 403. The lowest BCUT2D eigenvalue weighted by molar-refractivity contribution is 0.157. The van der Waals surface area contributed by atoms with Crippen LogP contribution in [0.5, 0.6) is 0 Å². The maximum Gasteiger partial charge on any atom is 0.0998 e. The summed E-state index contributed by atoms with van der Waals surface area (Å²) in [5.74, 6) is 1.22. The smallest absolute Gasteiger partial charge is 0.0998 e. The average Bonchev–Trinajstić information content (AvgIpc) is 2.91. The van der Waals surface area contributed by atoms with E-state index in [2.05, 4.69) is 25.7 Å². The normalized spacial score (nSPS) is 17.2. The fourth-order valence-electron chi connectivity index (χ4n) is 4.37. The zero-order valence-corrected chi connectivity index (χ0v) is 19.6. The van der Waals surface area contributed by atoms with E-state index in [0.717, 1.165) is 19.5 Å². The number of aliphatic hydroxyl groups is 1. The predicted octanol–water partition coefficient (Wildman–Crippen LogP) is 7.12. The van der Waals surface area contributed by atoms with Crippen LogP contribution in [0.4, 0.5) is 0 Å². The third-order valence-electron chi connectivity index (χ3n) is 5.86. The van der Waals surface area contributed by atoms with E-state index in [0.29, 0.717) is 0 Å². The van der Waals surface area contributed by atoms with Gasteiger partial charge in [0.25, 0.3) is 0 Å². The summed E-state index contributed by atoms with van der Waals surface area (Å²) in [5, 5.41) is 9.71. The Morgan fingerprint density at radius 2 is 1.25 bits per heavy atom. The van der Waals surface area contributed by atoms with E-state index in [9.17, 15) is 5.11 Å². The van der Waals surface area contributed by atoms with Crippen molar-refractivity contribution in [1.82, 2.24) is 4.90 Å². The number of unbranched alkanes of at least 4 members (excludes halogenated alkanes) is 14. The first kappa shape index (κ1) is 25.5. The molecule has 3 nitrogen and oxygen atoms in total. The van der Waals surface area contributed by atoms with Crippen molar-refractivity contribution in [2.75, 3.05) is 13.1 Å². The number of β-amino-alcohol motifs (C(OH)–C–C–N with tert-alkyl or cyclic N) is 1. The molecule has 0 spiro atoms. The first-order chi connectivity index (χ1) is 13.4. The van der Waals surface area contributed by atoms with E-state index in [4.69, 9.17) is 4.99 Å². The van der Waals surface area contributed by atoms with Crippen LogP contribution in [0.25, 0.3) is 0 Å². The van der Waals surface area contributed by atoms with Crippen LogP contribution in [0, 0.1) is 0 Å². The highest BCUT2D eigenvalue weighted by Gasteiger charge is 2.30. The van der Waals surface area contributed by atoms with Crippen LogP contribution in [0.15, 0.2) is 4.99 Å². The molecule has 1 N–H and O–H groups in total. The highest BCUT2D eigenvalue weighted by molar-refractivity contribution is 5.84. The van der Waals surface area contributed by atoms with E-state index in [1.165, 1.54) is 102 Å². The van der Waals surface area contributed by atoms with Gasteiger partial charge >= 0.3 is 0 Å². The molecular formula is C25H50N2O. The van der Waals surface area contributed by atoms with Gasteiger partial charge in [-0.3, -0.25) is 4.99 Å². The fourth-order valence-corrected chi connectivity index (χ4v) is 4.37. The van der Waals surface area contributed by atoms with E-state index >= 15 is 0 Å². The molecule has 1 aliphatic heterocycles. The highest BCUT2D eigenvalue weighted by Crippen LogP contribution is 2.23. The molecule has 0 fully saturated rings. The summed E-state index contributed by atoms with van der Waals surface area (Å²) in [6, 6.07) is 0. The average molecular weight is 395 g/mol. The Morgan fingerprint density at radius 1 is 0.821 bits per heavy atom. The molecular weight excluding hydrogens is 344 g/mol. The van der Waals surface area contributed by atoms with Crippen molar-refractivity contribution in [3.05, 3.63) is 0 Å². The maximum atomic E-state index is 9.71. The Balaban J connectivity index is 1.92. The summed E-state index contributed by atoms with van der Waals surface area (Å²) < 4.78 is 0. The van der Waals surface area contributed by atoms with Gasteiger partial charge in [0.1, 0.15) is 0 Å². The molecule has 0 amide bonds. The molecule has 3 heteroatoms. The Labute approximate surface area is 176 Å². The molecule has 0 aromatic carbocycles. The lowest BCUT2D eigenvalue weighted by Crippen LogP contribution is -2.37. The van der Waals surface area contributed by atoms with Crippen LogP contribution in [-0.4, -0.2) is 40.6 Å². The molecule has 1 rings (SSSR count). The van der Waals surface area contributed by atoms with Gasteiger partial charge in [-0.1, -0.05) is 96.8 Å². The largest absolute Gasteiger partial charge is 0.392 e.